The van der Waals surface area contributed by atoms with E-state index in [9.17, 15) is 9.59 Å². The Morgan fingerprint density at radius 3 is 1.95 bits per heavy atom. The molecule has 4 nitrogen and oxygen atoms in total. The van der Waals surface area contributed by atoms with Crippen molar-refractivity contribution in [3.05, 3.63) is 0 Å². The number of hydrogen-bond acceptors (Lipinski definition) is 4. The van der Waals surface area contributed by atoms with E-state index in [2.05, 4.69) is 0 Å². The molecule has 0 aliphatic rings. The zero-order valence-corrected chi connectivity index (χ0v) is 14.1. The van der Waals surface area contributed by atoms with Crippen LogP contribution in [0.1, 0.15) is 65.2 Å². The van der Waals surface area contributed by atoms with E-state index in [4.69, 9.17) is 21.1 Å². The average molecular weight is 321 g/mol. The molecule has 0 N–H and O–H groups in total. The summed E-state index contributed by atoms with van der Waals surface area (Å²) in [5, 5.41) is 0. The molecule has 0 aromatic heterocycles. The zero-order chi connectivity index (χ0) is 15.9. The molecule has 5 heteroatoms. The van der Waals surface area contributed by atoms with Gasteiger partial charge in [-0.3, -0.25) is 9.59 Å². The van der Waals surface area contributed by atoms with Gasteiger partial charge >= 0.3 is 11.9 Å². The summed E-state index contributed by atoms with van der Waals surface area (Å²) in [5.74, 6) is 0.390. The van der Waals surface area contributed by atoms with Gasteiger partial charge in [0.25, 0.3) is 0 Å². The van der Waals surface area contributed by atoms with Crippen LogP contribution in [-0.2, 0) is 19.1 Å². The standard InChI is InChI=1S/C16H29ClO4/c1-14(2)13-21-16(19)10-9-15(18)20-12-8-6-4-3-5-7-11-17/h14H,3-13H2,1-2H3. The average Bonchev–Trinajstić information content (AvgIpc) is 2.45. The van der Waals surface area contributed by atoms with Crippen LogP contribution in [0.2, 0.25) is 0 Å². The van der Waals surface area contributed by atoms with E-state index in [0.29, 0.717) is 19.1 Å². The Balaban J connectivity index is 3.36. The van der Waals surface area contributed by atoms with Gasteiger partial charge in [-0.2, -0.15) is 0 Å². The molecule has 21 heavy (non-hydrogen) atoms. The van der Waals surface area contributed by atoms with Crippen LogP contribution in [0.3, 0.4) is 0 Å². The summed E-state index contributed by atoms with van der Waals surface area (Å²) in [4.78, 5) is 22.7. The number of rotatable bonds is 13. The lowest BCUT2D eigenvalue weighted by Gasteiger charge is -2.07. The van der Waals surface area contributed by atoms with Gasteiger partial charge in [-0.15, -0.1) is 11.6 Å². The quantitative estimate of drug-likeness (QED) is 0.291. The lowest BCUT2D eigenvalue weighted by molar-refractivity contribution is -0.151. The van der Waals surface area contributed by atoms with E-state index < -0.39 is 0 Å². The molecule has 0 spiro atoms. The van der Waals surface area contributed by atoms with Crippen LogP contribution in [-0.4, -0.2) is 31.0 Å². The summed E-state index contributed by atoms with van der Waals surface area (Å²) in [6, 6.07) is 0. The molecule has 0 heterocycles. The highest BCUT2D eigenvalue weighted by atomic mass is 35.5. The highest BCUT2D eigenvalue weighted by Crippen LogP contribution is 2.06. The Hall–Kier alpha value is -0.770. The smallest absolute Gasteiger partial charge is 0.306 e. The van der Waals surface area contributed by atoms with Crippen molar-refractivity contribution >= 4 is 23.5 Å². The normalized spacial score (nSPS) is 10.7. The minimum Gasteiger partial charge on any atom is -0.466 e. The van der Waals surface area contributed by atoms with E-state index in [1.165, 1.54) is 12.8 Å². The van der Waals surface area contributed by atoms with E-state index in [1.807, 2.05) is 13.8 Å². The topological polar surface area (TPSA) is 52.6 Å². The Morgan fingerprint density at radius 2 is 1.38 bits per heavy atom. The number of hydrogen-bond donors (Lipinski definition) is 0. The molecule has 0 saturated heterocycles. The molecule has 0 fully saturated rings. The fraction of sp³-hybridized carbons (Fsp3) is 0.875. The highest BCUT2D eigenvalue weighted by molar-refractivity contribution is 6.17. The van der Waals surface area contributed by atoms with Gasteiger partial charge in [0.15, 0.2) is 0 Å². The molecule has 0 amide bonds. The van der Waals surface area contributed by atoms with Crippen molar-refractivity contribution < 1.29 is 19.1 Å². The number of esters is 2. The summed E-state index contributed by atoms with van der Waals surface area (Å²) < 4.78 is 10.1. The molecule has 0 aliphatic heterocycles. The lowest BCUT2D eigenvalue weighted by atomic mass is 10.1. The molecule has 0 aliphatic carbocycles. The molecule has 0 unspecified atom stereocenters. The molecule has 0 aromatic rings. The molecule has 0 rings (SSSR count). The van der Waals surface area contributed by atoms with Gasteiger partial charge < -0.3 is 9.47 Å². The van der Waals surface area contributed by atoms with E-state index in [-0.39, 0.29) is 24.8 Å². The third kappa shape index (κ3) is 15.4. The second kappa shape index (κ2) is 14.2. The van der Waals surface area contributed by atoms with Crippen LogP contribution >= 0.6 is 11.6 Å². The Kier molecular flexibility index (Phi) is 13.7. The molecular formula is C16H29ClO4. The minimum absolute atomic E-state index is 0.101. The SMILES string of the molecule is CC(C)COC(=O)CCC(=O)OCCCCCCCCCl. The van der Waals surface area contributed by atoms with Gasteiger partial charge in [0.2, 0.25) is 0 Å². The van der Waals surface area contributed by atoms with Crippen molar-refractivity contribution in [1.29, 1.82) is 0 Å². The van der Waals surface area contributed by atoms with Gasteiger partial charge in [-0.05, 0) is 18.8 Å². The number of carbonyl (C=O) groups is 2. The van der Waals surface area contributed by atoms with Crippen molar-refractivity contribution in [3.8, 4) is 0 Å². The van der Waals surface area contributed by atoms with E-state index in [0.717, 1.165) is 31.6 Å². The lowest BCUT2D eigenvalue weighted by Crippen LogP contribution is -2.13. The Labute approximate surface area is 133 Å². The Bertz CT molecular complexity index is 279. The van der Waals surface area contributed by atoms with Crippen molar-refractivity contribution in [3.63, 3.8) is 0 Å². The van der Waals surface area contributed by atoms with Crippen molar-refractivity contribution in [2.45, 2.75) is 65.2 Å². The summed E-state index contributed by atoms with van der Waals surface area (Å²) >= 11 is 5.60. The maximum absolute atomic E-state index is 11.4. The third-order valence-corrected chi connectivity index (χ3v) is 3.17. The molecule has 0 aromatic carbocycles. The van der Waals surface area contributed by atoms with Crippen molar-refractivity contribution in [2.24, 2.45) is 5.92 Å². The van der Waals surface area contributed by atoms with E-state index >= 15 is 0 Å². The molecular weight excluding hydrogens is 292 g/mol. The molecule has 0 radical (unpaired) electrons. The third-order valence-electron chi connectivity index (χ3n) is 2.90. The second-order valence-electron chi connectivity index (χ2n) is 5.61. The Morgan fingerprint density at radius 1 is 0.857 bits per heavy atom. The first-order valence-electron chi connectivity index (χ1n) is 7.93. The number of carbonyl (C=O) groups excluding carboxylic acids is 2. The minimum atomic E-state index is -0.333. The maximum Gasteiger partial charge on any atom is 0.306 e. The first kappa shape index (κ1) is 20.2. The van der Waals surface area contributed by atoms with Crippen LogP contribution in [0.25, 0.3) is 0 Å². The first-order valence-corrected chi connectivity index (χ1v) is 8.47. The molecule has 0 bridgehead atoms. The first-order chi connectivity index (χ1) is 10.1. The van der Waals surface area contributed by atoms with Crippen LogP contribution in [0.15, 0.2) is 0 Å². The van der Waals surface area contributed by atoms with Crippen LogP contribution in [0.4, 0.5) is 0 Å². The van der Waals surface area contributed by atoms with Gasteiger partial charge in [0.1, 0.15) is 0 Å². The van der Waals surface area contributed by atoms with Crippen LogP contribution in [0.5, 0.6) is 0 Å². The van der Waals surface area contributed by atoms with Crippen molar-refractivity contribution in [1.82, 2.24) is 0 Å². The van der Waals surface area contributed by atoms with E-state index in [1.54, 1.807) is 0 Å². The fourth-order valence-corrected chi connectivity index (χ4v) is 1.89. The number of alkyl halides is 1. The molecule has 124 valence electrons. The largest absolute Gasteiger partial charge is 0.466 e. The summed E-state index contributed by atoms with van der Waals surface area (Å²) in [6.07, 6.45) is 6.72. The summed E-state index contributed by atoms with van der Waals surface area (Å²) in [5.41, 5.74) is 0. The maximum atomic E-state index is 11.4. The number of ether oxygens (including phenoxy) is 2. The monoisotopic (exact) mass is 320 g/mol. The van der Waals surface area contributed by atoms with Gasteiger partial charge in [-0.1, -0.05) is 39.5 Å². The highest BCUT2D eigenvalue weighted by Gasteiger charge is 2.09. The molecule has 0 atom stereocenters. The summed E-state index contributed by atoms with van der Waals surface area (Å²) in [7, 11) is 0. The number of unbranched alkanes of at least 4 members (excludes halogenated alkanes) is 5. The van der Waals surface area contributed by atoms with Gasteiger partial charge in [0.05, 0.1) is 26.1 Å². The van der Waals surface area contributed by atoms with Crippen molar-refractivity contribution in [2.75, 3.05) is 19.1 Å². The van der Waals surface area contributed by atoms with Crippen LogP contribution < -0.4 is 0 Å². The van der Waals surface area contributed by atoms with Gasteiger partial charge in [0, 0.05) is 5.88 Å². The number of halogens is 1. The predicted octanol–water partition coefficient (Wildman–Crippen LogP) is 4.09. The summed E-state index contributed by atoms with van der Waals surface area (Å²) in [6.45, 7) is 4.78. The second-order valence-corrected chi connectivity index (χ2v) is 5.99. The zero-order valence-electron chi connectivity index (χ0n) is 13.4. The fourth-order valence-electron chi connectivity index (χ4n) is 1.70. The van der Waals surface area contributed by atoms with Gasteiger partial charge in [-0.25, -0.2) is 0 Å². The molecule has 0 saturated carbocycles. The van der Waals surface area contributed by atoms with Crippen LogP contribution in [0, 0.1) is 5.92 Å². The predicted molar refractivity (Wildman–Crippen MR) is 84.4 cm³/mol.